The molecule has 2 fully saturated rings. The van der Waals surface area contributed by atoms with Gasteiger partial charge in [-0.2, -0.15) is 0 Å². The Morgan fingerprint density at radius 2 is 2.15 bits per heavy atom. The van der Waals surface area contributed by atoms with E-state index < -0.39 is 10.0 Å². The summed E-state index contributed by atoms with van der Waals surface area (Å²) in [7, 11) is -1.82. The maximum absolute atomic E-state index is 12.2. The van der Waals surface area contributed by atoms with E-state index >= 15 is 0 Å². The molecule has 0 amide bonds. The molecule has 2 N–H and O–H groups in total. The van der Waals surface area contributed by atoms with Crippen molar-refractivity contribution in [2.75, 3.05) is 46.4 Å². The van der Waals surface area contributed by atoms with Crippen LogP contribution in [0.3, 0.4) is 0 Å². The third kappa shape index (κ3) is 5.55. The maximum atomic E-state index is 12.2. The Hall–Kier alpha value is -0.910. The number of nitrogens with one attached hydrogen (secondary N) is 2. The minimum atomic E-state index is -3.53. The lowest BCUT2D eigenvalue weighted by molar-refractivity contribution is -0.0816. The van der Waals surface area contributed by atoms with Crippen molar-refractivity contribution < 1.29 is 17.9 Å². The van der Waals surface area contributed by atoms with Gasteiger partial charge in [0.15, 0.2) is 5.96 Å². The fourth-order valence-corrected chi connectivity index (χ4v) is 5.75. The van der Waals surface area contributed by atoms with Crippen LogP contribution < -0.4 is 10.0 Å². The van der Waals surface area contributed by atoms with Crippen LogP contribution in [0, 0.1) is 0 Å². The first kappa shape index (κ1) is 20.8. The molecule has 2 aliphatic rings. The molecule has 3 heterocycles. The van der Waals surface area contributed by atoms with Crippen molar-refractivity contribution in [2.45, 2.75) is 29.3 Å². The lowest BCUT2D eigenvalue weighted by Gasteiger charge is -2.37. The largest absolute Gasteiger partial charge is 0.375 e. The van der Waals surface area contributed by atoms with Gasteiger partial charge in [-0.05, 0) is 25.0 Å². The minimum absolute atomic E-state index is 0.0434. The van der Waals surface area contributed by atoms with E-state index in [4.69, 9.17) is 21.1 Å². The maximum Gasteiger partial charge on any atom is 0.250 e. The summed E-state index contributed by atoms with van der Waals surface area (Å²) in [6, 6.07) is 3.07. The molecule has 3 rings (SSSR count). The predicted octanol–water partition coefficient (Wildman–Crippen LogP) is 1.13. The summed E-state index contributed by atoms with van der Waals surface area (Å²) in [4.78, 5) is 6.44. The van der Waals surface area contributed by atoms with Gasteiger partial charge in [0.25, 0.3) is 0 Å². The first-order chi connectivity index (χ1) is 13.0. The van der Waals surface area contributed by atoms with E-state index in [0.29, 0.717) is 24.0 Å². The van der Waals surface area contributed by atoms with Crippen LogP contribution in [-0.4, -0.2) is 77.9 Å². The summed E-state index contributed by atoms with van der Waals surface area (Å²) in [6.07, 6.45) is 2.30. The Morgan fingerprint density at radius 3 is 2.81 bits per heavy atom. The lowest BCUT2D eigenvalue weighted by Crippen LogP contribution is -2.54. The number of thiophene rings is 1. The number of sulfonamides is 1. The van der Waals surface area contributed by atoms with Crippen molar-refractivity contribution in [3.63, 3.8) is 0 Å². The van der Waals surface area contributed by atoms with E-state index in [1.54, 1.807) is 13.1 Å². The van der Waals surface area contributed by atoms with Crippen molar-refractivity contribution in [3.05, 3.63) is 16.5 Å². The molecule has 0 bridgehead atoms. The molecule has 1 aromatic heterocycles. The molecular weight excluding hydrogens is 412 g/mol. The Bertz CT molecular complexity index is 749. The number of hydrogen-bond donors (Lipinski definition) is 2. The van der Waals surface area contributed by atoms with Gasteiger partial charge in [0, 0.05) is 39.8 Å². The van der Waals surface area contributed by atoms with Crippen LogP contribution in [0.25, 0.3) is 0 Å². The highest BCUT2D eigenvalue weighted by atomic mass is 35.5. The smallest absolute Gasteiger partial charge is 0.250 e. The molecule has 2 atom stereocenters. The van der Waals surface area contributed by atoms with Gasteiger partial charge in [0.1, 0.15) is 10.3 Å². The molecule has 0 aliphatic carbocycles. The zero-order valence-corrected chi connectivity index (χ0v) is 17.6. The number of ether oxygens (including phenoxy) is 2. The number of morpholine rings is 1. The van der Waals surface area contributed by atoms with Crippen LogP contribution in [0.4, 0.5) is 0 Å². The summed E-state index contributed by atoms with van der Waals surface area (Å²) in [6.45, 7) is 3.54. The van der Waals surface area contributed by atoms with Gasteiger partial charge in [0.05, 0.1) is 17.0 Å². The molecule has 0 spiro atoms. The molecule has 11 heteroatoms. The van der Waals surface area contributed by atoms with Crippen molar-refractivity contribution in [1.29, 1.82) is 0 Å². The molecular formula is C16H25ClN4O4S2. The second-order valence-corrected chi connectivity index (χ2v) is 10.0. The molecule has 1 aromatic rings. The topological polar surface area (TPSA) is 92.3 Å². The van der Waals surface area contributed by atoms with Crippen LogP contribution in [0.15, 0.2) is 21.3 Å². The highest BCUT2D eigenvalue weighted by Crippen LogP contribution is 2.25. The monoisotopic (exact) mass is 436 g/mol. The normalized spacial score (nSPS) is 24.4. The van der Waals surface area contributed by atoms with Crippen molar-refractivity contribution in [1.82, 2.24) is 14.9 Å². The summed E-state index contributed by atoms with van der Waals surface area (Å²) in [5.41, 5.74) is 0. The molecule has 0 saturated carbocycles. The van der Waals surface area contributed by atoms with Gasteiger partial charge in [0.2, 0.25) is 10.0 Å². The summed E-state index contributed by atoms with van der Waals surface area (Å²) in [5, 5.41) is 3.21. The average molecular weight is 437 g/mol. The van der Waals surface area contributed by atoms with Gasteiger partial charge >= 0.3 is 0 Å². The van der Waals surface area contributed by atoms with E-state index in [9.17, 15) is 8.42 Å². The van der Waals surface area contributed by atoms with Gasteiger partial charge in [-0.1, -0.05) is 11.6 Å². The number of rotatable bonds is 6. The Kier molecular flexibility index (Phi) is 7.35. The second kappa shape index (κ2) is 9.53. The Balaban J connectivity index is 1.46. The molecule has 0 radical (unpaired) electrons. The molecule has 0 aromatic carbocycles. The fraction of sp³-hybridized carbons (Fsp3) is 0.688. The number of hydrogen-bond acceptors (Lipinski definition) is 6. The van der Waals surface area contributed by atoms with Gasteiger partial charge in [-0.15, -0.1) is 11.3 Å². The van der Waals surface area contributed by atoms with Crippen molar-refractivity contribution in [2.24, 2.45) is 4.99 Å². The van der Waals surface area contributed by atoms with Gasteiger partial charge in [-0.3, -0.25) is 4.99 Å². The molecule has 27 heavy (non-hydrogen) atoms. The highest BCUT2D eigenvalue weighted by molar-refractivity contribution is 7.91. The van der Waals surface area contributed by atoms with Crippen molar-refractivity contribution >= 4 is 38.9 Å². The summed E-state index contributed by atoms with van der Waals surface area (Å²) < 4.78 is 39.2. The van der Waals surface area contributed by atoms with E-state index in [1.807, 2.05) is 0 Å². The van der Waals surface area contributed by atoms with Gasteiger partial charge < -0.3 is 19.7 Å². The average Bonchev–Trinajstić information content (AvgIpc) is 3.34. The molecule has 2 aliphatic heterocycles. The summed E-state index contributed by atoms with van der Waals surface area (Å²) >= 11 is 6.84. The Labute approximate surface area is 168 Å². The van der Waals surface area contributed by atoms with Crippen LogP contribution in [0.5, 0.6) is 0 Å². The summed E-state index contributed by atoms with van der Waals surface area (Å²) in [5.74, 6) is 0.736. The zero-order chi connectivity index (χ0) is 19.3. The second-order valence-electron chi connectivity index (χ2n) is 6.34. The standard InChI is InChI=1S/C16H25ClN4O4S2/c1-18-16(21-8-10-25-13(11-21)12-3-2-9-24-12)19-6-7-20-27(22,23)15-5-4-14(17)26-15/h4-5,12-13,20H,2-3,6-11H2,1H3,(H,18,19). The van der Waals surface area contributed by atoms with Crippen LogP contribution in [0.1, 0.15) is 12.8 Å². The van der Waals surface area contributed by atoms with E-state index in [1.165, 1.54) is 6.07 Å². The molecule has 152 valence electrons. The van der Waals surface area contributed by atoms with Crippen LogP contribution >= 0.6 is 22.9 Å². The third-order valence-corrected chi connectivity index (χ3v) is 7.68. The highest BCUT2D eigenvalue weighted by Gasteiger charge is 2.32. The third-order valence-electron chi connectivity index (χ3n) is 4.50. The first-order valence-electron chi connectivity index (χ1n) is 8.93. The van der Waals surface area contributed by atoms with Gasteiger partial charge in [-0.25, -0.2) is 13.1 Å². The van der Waals surface area contributed by atoms with E-state index in [2.05, 4.69) is 19.9 Å². The molecule has 2 unspecified atom stereocenters. The SMILES string of the molecule is CN=C(NCCNS(=O)(=O)c1ccc(Cl)s1)N1CCOC(C2CCCO2)C1. The fourth-order valence-electron chi connectivity index (χ4n) is 3.19. The van der Waals surface area contributed by atoms with Crippen molar-refractivity contribution in [3.8, 4) is 0 Å². The number of halogens is 1. The van der Waals surface area contributed by atoms with Crippen LogP contribution in [-0.2, 0) is 19.5 Å². The Morgan fingerprint density at radius 1 is 1.33 bits per heavy atom. The minimum Gasteiger partial charge on any atom is -0.375 e. The number of guanidine groups is 1. The zero-order valence-electron chi connectivity index (χ0n) is 15.2. The number of nitrogens with zero attached hydrogens (tertiary/aromatic N) is 2. The first-order valence-corrected chi connectivity index (χ1v) is 11.6. The predicted molar refractivity (Wildman–Crippen MR) is 106 cm³/mol. The molecule has 2 saturated heterocycles. The number of aliphatic imine (C=N–C) groups is 1. The lowest BCUT2D eigenvalue weighted by atomic mass is 10.1. The van der Waals surface area contributed by atoms with E-state index in [-0.39, 0.29) is 23.0 Å². The quantitative estimate of drug-likeness (QED) is 0.394. The molecule has 8 nitrogen and oxygen atoms in total. The van der Waals surface area contributed by atoms with E-state index in [0.717, 1.165) is 43.3 Å². The van der Waals surface area contributed by atoms with Crippen LogP contribution in [0.2, 0.25) is 4.34 Å².